The molecule has 15 heteroatoms. The van der Waals surface area contributed by atoms with Gasteiger partial charge in [0.1, 0.15) is 28.5 Å². The monoisotopic (exact) mass is 558 g/mol. The summed E-state index contributed by atoms with van der Waals surface area (Å²) in [6, 6.07) is 6.26. The minimum atomic E-state index is -4.78. The highest BCUT2D eigenvalue weighted by molar-refractivity contribution is 7.89. The van der Waals surface area contributed by atoms with E-state index in [1.165, 1.54) is 18.2 Å². The molecule has 2 aromatic carbocycles. The molecule has 0 amide bonds. The predicted molar refractivity (Wildman–Crippen MR) is 114 cm³/mol. The smallest absolute Gasteiger partial charge is 0.422 e. The van der Waals surface area contributed by atoms with E-state index in [4.69, 9.17) is 33.2 Å². The van der Waals surface area contributed by atoms with E-state index in [0.29, 0.717) is 12.1 Å². The molecule has 2 aromatic rings. The average Bonchev–Trinajstić information content (AvgIpc) is 3.10. The van der Waals surface area contributed by atoms with E-state index >= 15 is 0 Å². The zero-order valence-corrected chi connectivity index (χ0v) is 19.7. The number of nitrogens with zero attached hydrogens (tertiary/aromatic N) is 2. The average molecular weight is 559 g/mol. The van der Waals surface area contributed by atoms with Crippen LogP contribution in [0, 0.1) is 17.1 Å². The molecule has 1 fully saturated rings. The number of benzene rings is 2. The molecule has 8 nitrogen and oxygen atoms in total. The summed E-state index contributed by atoms with van der Waals surface area (Å²) in [6.45, 7) is -4.11. The van der Waals surface area contributed by atoms with Crippen LogP contribution in [0.15, 0.2) is 35.2 Å². The molecule has 190 valence electrons. The summed E-state index contributed by atoms with van der Waals surface area (Å²) in [6.07, 6.45) is -6.35. The molecule has 0 aromatic heterocycles. The van der Waals surface area contributed by atoms with E-state index in [-0.39, 0.29) is 14.9 Å². The van der Waals surface area contributed by atoms with Gasteiger partial charge in [-0.1, -0.05) is 23.2 Å². The van der Waals surface area contributed by atoms with Gasteiger partial charge in [-0.15, -0.1) is 0 Å². The fraction of sp³-hybridized carbons (Fsp3) is 0.350. The molecule has 3 rings (SSSR count). The maximum Gasteiger partial charge on any atom is 0.422 e. The Balaban J connectivity index is 1.95. The van der Waals surface area contributed by atoms with Gasteiger partial charge in [-0.05, 0) is 18.2 Å². The van der Waals surface area contributed by atoms with Crippen molar-refractivity contribution in [3.05, 3.63) is 51.8 Å². The van der Waals surface area contributed by atoms with Crippen LogP contribution in [-0.4, -0.2) is 67.1 Å². The highest BCUT2D eigenvalue weighted by atomic mass is 35.5. The Bertz CT molecular complexity index is 1270. The standard InChI is InChI=1S/C20H16Cl2F4N2O6S/c21-12-1-2-17(13(22)4-12)35(31,32)28-7-18(19(30,8-28)9-29)34-16-5-14(23)11(6-27)3-15(16)33-10-20(24,25)26/h1-5,18,29-30H,7-10H2/t18-,19+/m0/s1. The second-order valence-corrected chi connectivity index (χ2v) is 10.3. The number of hydrogen-bond donors (Lipinski definition) is 2. The Labute approximate surface area is 206 Å². The largest absolute Gasteiger partial charge is 0.482 e. The van der Waals surface area contributed by atoms with E-state index in [1.54, 1.807) is 0 Å². The lowest BCUT2D eigenvalue weighted by molar-refractivity contribution is -0.153. The normalized spacial score (nSPS) is 21.1. The van der Waals surface area contributed by atoms with Crippen LogP contribution in [-0.2, 0) is 10.0 Å². The first-order valence-corrected chi connectivity index (χ1v) is 11.8. The molecule has 35 heavy (non-hydrogen) atoms. The van der Waals surface area contributed by atoms with Crippen molar-refractivity contribution in [1.82, 2.24) is 4.31 Å². The number of rotatable bonds is 7. The zero-order valence-electron chi connectivity index (χ0n) is 17.4. The summed E-state index contributed by atoms with van der Waals surface area (Å²) in [5.74, 6) is -2.49. The second kappa shape index (κ2) is 9.96. The number of nitriles is 1. The quantitative estimate of drug-likeness (QED) is 0.501. The number of aliphatic hydroxyl groups excluding tert-OH is 1. The number of β-amino-alcohol motifs (C(OH)–C–C–N with tert-alkyl or cyclic N) is 1. The van der Waals surface area contributed by atoms with E-state index < -0.39 is 77.1 Å². The fourth-order valence-electron chi connectivity index (χ4n) is 3.27. The SMILES string of the molecule is N#Cc1cc(OCC(F)(F)F)c(O[C@H]2CN(S(=O)(=O)c3ccc(Cl)cc3Cl)C[C@@]2(O)CO)cc1F. The minimum absolute atomic E-state index is 0.165. The van der Waals surface area contributed by atoms with Crippen molar-refractivity contribution in [2.75, 3.05) is 26.3 Å². The first-order valence-electron chi connectivity index (χ1n) is 9.58. The van der Waals surface area contributed by atoms with E-state index in [0.717, 1.165) is 10.4 Å². The van der Waals surface area contributed by atoms with Crippen LogP contribution in [0.25, 0.3) is 0 Å². The molecule has 0 radical (unpaired) electrons. The maximum atomic E-state index is 14.2. The topological polar surface area (TPSA) is 120 Å². The van der Waals surface area contributed by atoms with Gasteiger partial charge in [-0.3, -0.25) is 0 Å². The van der Waals surface area contributed by atoms with Gasteiger partial charge in [0.05, 0.1) is 23.7 Å². The van der Waals surface area contributed by atoms with Crippen LogP contribution in [0.1, 0.15) is 5.56 Å². The van der Waals surface area contributed by atoms with Crippen LogP contribution in [0.3, 0.4) is 0 Å². The third-order valence-corrected chi connectivity index (χ3v) is 7.55. The van der Waals surface area contributed by atoms with E-state index in [9.17, 15) is 36.2 Å². The number of hydrogen-bond acceptors (Lipinski definition) is 7. The Morgan fingerprint density at radius 2 is 1.91 bits per heavy atom. The predicted octanol–water partition coefficient (Wildman–Crippen LogP) is 3.12. The van der Waals surface area contributed by atoms with Gasteiger partial charge in [0.15, 0.2) is 18.1 Å². The van der Waals surface area contributed by atoms with Gasteiger partial charge in [-0.25, -0.2) is 12.8 Å². The molecule has 0 saturated carbocycles. The lowest BCUT2D eigenvalue weighted by atomic mass is 10.0. The van der Waals surface area contributed by atoms with Crippen molar-refractivity contribution in [2.45, 2.75) is 22.8 Å². The maximum absolute atomic E-state index is 14.2. The van der Waals surface area contributed by atoms with Crippen molar-refractivity contribution in [3.63, 3.8) is 0 Å². The Morgan fingerprint density at radius 1 is 1.23 bits per heavy atom. The van der Waals surface area contributed by atoms with E-state index in [2.05, 4.69) is 4.74 Å². The highest BCUT2D eigenvalue weighted by Crippen LogP contribution is 2.37. The third kappa shape index (κ3) is 5.91. The van der Waals surface area contributed by atoms with Crippen molar-refractivity contribution in [2.24, 2.45) is 0 Å². The molecule has 1 heterocycles. The summed E-state index contributed by atoms with van der Waals surface area (Å²) < 4.78 is 89.1. The minimum Gasteiger partial charge on any atom is -0.482 e. The molecule has 0 unspecified atom stereocenters. The van der Waals surface area contributed by atoms with Crippen LogP contribution in [0.2, 0.25) is 10.0 Å². The molecule has 0 spiro atoms. The number of aliphatic hydroxyl groups is 2. The fourth-order valence-corrected chi connectivity index (χ4v) is 5.52. The first-order chi connectivity index (χ1) is 16.2. The molecule has 1 aliphatic heterocycles. The van der Waals surface area contributed by atoms with Gasteiger partial charge in [0, 0.05) is 23.7 Å². The van der Waals surface area contributed by atoms with Crippen LogP contribution in [0.4, 0.5) is 17.6 Å². The molecular weight excluding hydrogens is 543 g/mol. The number of halogens is 6. The Kier molecular flexibility index (Phi) is 7.76. The second-order valence-electron chi connectivity index (χ2n) is 7.53. The number of ether oxygens (including phenoxy) is 2. The van der Waals surface area contributed by atoms with Crippen LogP contribution >= 0.6 is 23.2 Å². The summed E-state index contributed by atoms with van der Waals surface area (Å²) in [4.78, 5) is -0.358. The molecular formula is C20H16Cl2F4N2O6S. The van der Waals surface area contributed by atoms with Gasteiger partial charge >= 0.3 is 6.18 Å². The van der Waals surface area contributed by atoms with Gasteiger partial charge in [0.25, 0.3) is 0 Å². The molecule has 1 aliphatic rings. The highest BCUT2D eigenvalue weighted by Gasteiger charge is 2.51. The van der Waals surface area contributed by atoms with Gasteiger partial charge in [0.2, 0.25) is 10.0 Å². The summed E-state index contributed by atoms with van der Waals surface area (Å²) in [5.41, 5.74) is -2.88. The van der Waals surface area contributed by atoms with Crippen molar-refractivity contribution < 1.29 is 45.7 Å². The lowest BCUT2D eigenvalue weighted by Gasteiger charge is -2.28. The Morgan fingerprint density at radius 3 is 2.49 bits per heavy atom. The van der Waals surface area contributed by atoms with Crippen LogP contribution < -0.4 is 9.47 Å². The van der Waals surface area contributed by atoms with Crippen molar-refractivity contribution >= 4 is 33.2 Å². The first kappa shape index (κ1) is 27.3. The Hall–Kier alpha value is -2.34. The third-order valence-electron chi connectivity index (χ3n) is 5.02. The van der Waals surface area contributed by atoms with E-state index in [1.807, 2.05) is 0 Å². The number of alkyl halides is 3. The summed E-state index contributed by atoms with van der Waals surface area (Å²) in [7, 11) is -4.36. The van der Waals surface area contributed by atoms with Gasteiger partial charge in [-0.2, -0.15) is 22.7 Å². The lowest BCUT2D eigenvalue weighted by Crippen LogP contribution is -2.48. The van der Waals surface area contributed by atoms with Crippen LogP contribution in [0.5, 0.6) is 11.5 Å². The molecule has 2 N–H and O–H groups in total. The number of sulfonamides is 1. The summed E-state index contributed by atoms with van der Waals surface area (Å²) >= 11 is 11.8. The van der Waals surface area contributed by atoms with Gasteiger partial charge < -0.3 is 19.7 Å². The van der Waals surface area contributed by atoms with Crippen molar-refractivity contribution in [1.29, 1.82) is 5.26 Å². The molecule has 0 aliphatic carbocycles. The zero-order chi connectivity index (χ0) is 26.2. The summed E-state index contributed by atoms with van der Waals surface area (Å²) in [5, 5.41) is 29.5. The molecule has 2 atom stereocenters. The molecule has 0 bridgehead atoms. The molecule has 1 saturated heterocycles. The van der Waals surface area contributed by atoms with Crippen molar-refractivity contribution in [3.8, 4) is 17.6 Å².